The van der Waals surface area contributed by atoms with Crippen LogP contribution in [0, 0.1) is 0 Å². The highest BCUT2D eigenvalue weighted by molar-refractivity contribution is 5.32. The molecular formula is C14H20O3. The lowest BCUT2D eigenvalue weighted by Crippen LogP contribution is -2.24. The zero-order chi connectivity index (χ0) is 12.3. The molecule has 1 unspecified atom stereocenters. The van der Waals surface area contributed by atoms with E-state index in [9.17, 15) is 5.11 Å². The molecule has 1 aromatic rings. The Labute approximate surface area is 102 Å². The first-order valence-corrected chi connectivity index (χ1v) is 6.10. The quantitative estimate of drug-likeness (QED) is 0.873. The van der Waals surface area contributed by atoms with E-state index in [2.05, 4.69) is 13.8 Å². The molecule has 0 aliphatic carbocycles. The molecule has 1 aliphatic heterocycles. The molecule has 1 fully saturated rings. The standard InChI is InChI=1S/C14H20O3/c1-14(2)8-7-12(17-14)10-16-13-6-4-3-5-11(13)9-15/h3-6,12,15H,7-10H2,1-2H3. The third kappa shape index (κ3) is 3.20. The predicted octanol–water partition coefficient (Wildman–Crippen LogP) is 2.52. The van der Waals surface area contributed by atoms with Crippen molar-refractivity contribution in [3.63, 3.8) is 0 Å². The number of rotatable bonds is 4. The first-order valence-electron chi connectivity index (χ1n) is 6.10. The van der Waals surface area contributed by atoms with Gasteiger partial charge in [-0.1, -0.05) is 18.2 Å². The molecule has 2 rings (SSSR count). The number of aliphatic hydroxyl groups excluding tert-OH is 1. The molecule has 1 atom stereocenters. The smallest absolute Gasteiger partial charge is 0.124 e. The second-order valence-electron chi connectivity index (χ2n) is 5.12. The van der Waals surface area contributed by atoms with Crippen LogP contribution < -0.4 is 4.74 Å². The van der Waals surface area contributed by atoms with Crippen molar-refractivity contribution < 1.29 is 14.6 Å². The van der Waals surface area contributed by atoms with Gasteiger partial charge in [-0.15, -0.1) is 0 Å². The Balaban J connectivity index is 1.90. The van der Waals surface area contributed by atoms with Crippen LogP contribution in [0.5, 0.6) is 5.75 Å². The van der Waals surface area contributed by atoms with E-state index in [4.69, 9.17) is 9.47 Å². The summed E-state index contributed by atoms with van der Waals surface area (Å²) in [6, 6.07) is 7.56. The van der Waals surface area contributed by atoms with Crippen LogP contribution in [0.25, 0.3) is 0 Å². The van der Waals surface area contributed by atoms with Crippen LogP contribution in [0.15, 0.2) is 24.3 Å². The van der Waals surface area contributed by atoms with Gasteiger partial charge in [-0.3, -0.25) is 0 Å². The molecule has 0 amide bonds. The van der Waals surface area contributed by atoms with Crippen LogP contribution in [-0.4, -0.2) is 23.4 Å². The molecule has 1 N–H and O–H groups in total. The Morgan fingerprint density at radius 2 is 2.18 bits per heavy atom. The van der Waals surface area contributed by atoms with E-state index in [0.717, 1.165) is 24.2 Å². The first-order chi connectivity index (χ1) is 8.11. The van der Waals surface area contributed by atoms with Crippen molar-refractivity contribution in [2.75, 3.05) is 6.61 Å². The molecule has 1 saturated heterocycles. The summed E-state index contributed by atoms with van der Waals surface area (Å²) in [6.45, 7) is 4.77. The third-order valence-electron chi connectivity index (χ3n) is 3.12. The maximum atomic E-state index is 9.18. The average molecular weight is 236 g/mol. The molecule has 0 aromatic heterocycles. The molecule has 0 saturated carbocycles. The fourth-order valence-electron chi connectivity index (χ4n) is 2.15. The van der Waals surface area contributed by atoms with Crippen LogP contribution in [0.4, 0.5) is 0 Å². The monoisotopic (exact) mass is 236 g/mol. The van der Waals surface area contributed by atoms with E-state index in [1.54, 1.807) is 0 Å². The van der Waals surface area contributed by atoms with Crippen molar-refractivity contribution in [3.8, 4) is 5.75 Å². The molecule has 1 heterocycles. The van der Waals surface area contributed by atoms with Crippen LogP contribution in [0.1, 0.15) is 32.3 Å². The lowest BCUT2D eigenvalue weighted by Gasteiger charge is -2.19. The first kappa shape index (κ1) is 12.4. The second kappa shape index (κ2) is 5.07. The largest absolute Gasteiger partial charge is 0.491 e. The Morgan fingerprint density at radius 1 is 1.41 bits per heavy atom. The fraction of sp³-hybridized carbons (Fsp3) is 0.571. The molecule has 17 heavy (non-hydrogen) atoms. The highest BCUT2D eigenvalue weighted by Gasteiger charge is 2.31. The van der Waals surface area contributed by atoms with Crippen LogP contribution in [-0.2, 0) is 11.3 Å². The number of hydrogen-bond donors (Lipinski definition) is 1. The zero-order valence-corrected chi connectivity index (χ0v) is 10.5. The molecule has 3 nitrogen and oxygen atoms in total. The van der Waals surface area contributed by atoms with Gasteiger partial charge in [0, 0.05) is 5.56 Å². The second-order valence-corrected chi connectivity index (χ2v) is 5.12. The van der Waals surface area contributed by atoms with E-state index in [-0.39, 0.29) is 18.3 Å². The van der Waals surface area contributed by atoms with E-state index in [1.165, 1.54) is 0 Å². The third-order valence-corrected chi connectivity index (χ3v) is 3.12. The van der Waals surface area contributed by atoms with Gasteiger partial charge >= 0.3 is 0 Å². The Kier molecular flexibility index (Phi) is 3.69. The predicted molar refractivity (Wildman–Crippen MR) is 66.0 cm³/mol. The topological polar surface area (TPSA) is 38.7 Å². The summed E-state index contributed by atoms with van der Waals surface area (Å²) in [7, 11) is 0. The summed E-state index contributed by atoms with van der Waals surface area (Å²) in [5.41, 5.74) is 0.801. The highest BCUT2D eigenvalue weighted by Crippen LogP contribution is 2.30. The average Bonchev–Trinajstić information content (AvgIpc) is 2.67. The number of benzene rings is 1. The number of ether oxygens (including phenoxy) is 2. The van der Waals surface area contributed by atoms with Crippen molar-refractivity contribution in [1.82, 2.24) is 0 Å². The minimum atomic E-state index is -0.0233. The van der Waals surface area contributed by atoms with Gasteiger partial charge in [0.2, 0.25) is 0 Å². The molecule has 1 aliphatic rings. The Hall–Kier alpha value is -1.06. The maximum absolute atomic E-state index is 9.18. The zero-order valence-electron chi connectivity index (χ0n) is 10.5. The van der Waals surface area contributed by atoms with E-state index in [0.29, 0.717) is 6.61 Å². The number of aliphatic hydroxyl groups is 1. The van der Waals surface area contributed by atoms with Gasteiger partial charge in [0.15, 0.2) is 0 Å². The summed E-state index contributed by atoms with van der Waals surface area (Å²) in [5.74, 6) is 0.753. The van der Waals surface area contributed by atoms with Crippen molar-refractivity contribution >= 4 is 0 Å². The van der Waals surface area contributed by atoms with E-state index in [1.807, 2.05) is 24.3 Å². The van der Waals surface area contributed by atoms with E-state index < -0.39 is 0 Å². The van der Waals surface area contributed by atoms with Crippen LogP contribution >= 0.6 is 0 Å². The Bertz CT molecular complexity index is 373. The van der Waals surface area contributed by atoms with Gasteiger partial charge < -0.3 is 14.6 Å². The molecule has 0 radical (unpaired) electrons. The molecule has 1 aromatic carbocycles. The van der Waals surface area contributed by atoms with Crippen molar-refractivity contribution in [2.45, 2.75) is 45.0 Å². The molecule has 3 heteroatoms. The fourth-order valence-corrected chi connectivity index (χ4v) is 2.15. The van der Waals surface area contributed by atoms with E-state index >= 15 is 0 Å². The maximum Gasteiger partial charge on any atom is 0.124 e. The SMILES string of the molecule is CC1(C)CCC(COc2ccccc2CO)O1. The molecular weight excluding hydrogens is 216 g/mol. The normalized spacial score (nSPS) is 22.6. The van der Waals surface area contributed by atoms with Gasteiger partial charge in [0.1, 0.15) is 12.4 Å². The lowest BCUT2D eigenvalue weighted by atomic mass is 10.1. The number of para-hydroxylation sites is 1. The molecule has 0 bridgehead atoms. The summed E-state index contributed by atoms with van der Waals surface area (Å²) < 4.78 is 11.6. The van der Waals surface area contributed by atoms with Gasteiger partial charge in [-0.05, 0) is 32.8 Å². The van der Waals surface area contributed by atoms with Crippen molar-refractivity contribution in [3.05, 3.63) is 29.8 Å². The Morgan fingerprint density at radius 3 is 2.82 bits per heavy atom. The molecule has 94 valence electrons. The highest BCUT2D eigenvalue weighted by atomic mass is 16.6. The minimum Gasteiger partial charge on any atom is -0.491 e. The molecule has 0 spiro atoms. The van der Waals surface area contributed by atoms with Gasteiger partial charge in [-0.25, -0.2) is 0 Å². The number of hydrogen-bond acceptors (Lipinski definition) is 3. The lowest BCUT2D eigenvalue weighted by molar-refractivity contribution is -0.0328. The van der Waals surface area contributed by atoms with Crippen LogP contribution in [0.3, 0.4) is 0 Å². The van der Waals surface area contributed by atoms with Gasteiger partial charge in [0.25, 0.3) is 0 Å². The summed E-state index contributed by atoms with van der Waals surface area (Å²) in [4.78, 5) is 0. The van der Waals surface area contributed by atoms with Crippen LogP contribution in [0.2, 0.25) is 0 Å². The summed E-state index contributed by atoms with van der Waals surface area (Å²) in [6.07, 6.45) is 2.27. The van der Waals surface area contributed by atoms with Crippen molar-refractivity contribution in [1.29, 1.82) is 0 Å². The van der Waals surface area contributed by atoms with Crippen molar-refractivity contribution in [2.24, 2.45) is 0 Å². The summed E-state index contributed by atoms with van der Waals surface area (Å²) in [5, 5.41) is 9.18. The van der Waals surface area contributed by atoms with Gasteiger partial charge in [0.05, 0.1) is 18.3 Å². The minimum absolute atomic E-state index is 0.00713. The van der Waals surface area contributed by atoms with Gasteiger partial charge in [-0.2, -0.15) is 0 Å². The summed E-state index contributed by atoms with van der Waals surface area (Å²) >= 11 is 0.